The largest absolute Gasteiger partial charge is 0.391 e. The number of rotatable bonds is 6. The number of nitrogens with one attached hydrogen (secondary N) is 2. The molecule has 2 fully saturated rings. The molecule has 0 aliphatic heterocycles. The molecule has 0 aromatic carbocycles. The van der Waals surface area contributed by atoms with Crippen molar-refractivity contribution < 1.29 is 9.90 Å². The highest BCUT2D eigenvalue weighted by Gasteiger charge is 2.30. The molecular formula is C13H24N2O2S. The first-order chi connectivity index (χ1) is 8.69. The average Bonchev–Trinajstić information content (AvgIpc) is 3.10. The normalized spacial score (nSPS) is 29.0. The first kappa shape index (κ1) is 14.0. The Morgan fingerprint density at radius 3 is 2.83 bits per heavy atom. The number of aliphatic hydroxyl groups excluding tert-OH is 1. The van der Waals surface area contributed by atoms with Crippen LogP contribution in [0.1, 0.15) is 39.0 Å². The maximum Gasteiger partial charge on any atom is 0.315 e. The van der Waals surface area contributed by atoms with Crippen LogP contribution in [0.25, 0.3) is 0 Å². The van der Waals surface area contributed by atoms with Crippen molar-refractivity contribution in [2.24, 2.45) is 5.92 Å². The molecule has 2 aliphatic carbocycles. The molecule has 0 aromatic rings. The molecule has 2 aliphatic rings. The molecular weight excluding hydrogens is 248 g/mol. The number of hydrogen-bond donors (Lipinski definition) is 3. The summed E-state index contributed by atoms with van der Waals surface area (Å²) < 4.78 is 0. The van der Waals surface area contributed by atoms with Gasteiger partial charge in [-0.15, -0.1) is 0 Å². The molecule has 2 amide bonds. The van der Waals surface area contributed by atoms with Gasteiger partial charge in [-0.3, -0.25) is 0 Å². The molecule has 0 aromatic heterocycles. The number of hydrogen-bond acceptors (Lipinski definition) is 3. The van der Waals surface area contributed by atoms with Gasteiger partial charge in [0.1, 0.15) is 0 Å². The van der Waals surface area contributed by atoms with Crippen LogP contribution in [0.5, 0.6) is 0 Å². The number of carbonyl (C=O) groups excluding carboxylic acids is 1. The molecule has 3 atom stereocenters. The average molecular weight is 272 g/mol. The minimum Gasteiger partial charge on any atom is -0.391 e. The van der Waals surface area contributed by atoms with Gasteiger partial charge in [0, 0.05) is 17.8 Å². The summed E-state index contributed by atoms with van der Waals surface area (Å²) in [6, 6.07) is 0.189. The van der Waals surface area contributed by atoms with Crippen LogP contribution in [0.15, 0.2) is 0 Å². The second-order valence-electron chi connectivity index (χ2n) is 5.35. The first-order valence-electron chi connectivity index (χ1n) is 7.03. The van der Waals surface area contributed by atoms with Gasteiger partial charge in [-0.2, -0.15) is 11.8 Å². The van der Waals surface area contributed by atoms with E-state index in [9.17, 15) is 9.90 Å². The molecule has 0 saturated heterocycles. The van der Waals surface area contributed by atoms with Gasteiger partial charge in [-0.05, 0) is 43.8 Å². The van der Waals surface area contributed by atoms with E-state index in [0.717, 1.165) is 31.4 Å². The maximum atomic E-state index is 11.7. The van der Waals surface area contributed by atoms with Crippen molar-refractivity contribution in [3.63, 3.8) is 0 Å². The molecule has 104 valence electrons. The van der Waals surface area contributed by atoms with Gasteiger partial charge in [-0.1, -0.05) is 6.92 Å². The summed E-state index contributed by atoms with van der Waals surface area (Å²) in [6.07, 6.45) is 5.20. The predicted molar refractivity (Wildman–Crippen MR) is 74.8 cm³/mol. The fourth-order valence-corrected chi connectivity index (χ4v) is 3.68. The van der Waals surface area contributed by atoms with Crippen LogP contribution in [-0.2, 0) is 0 Å². The highest BCUT2D eigenvalue weighted by atomic mass is 32.2. The summed E-state index contributed by atoms with van der Waals surface area (Å²) in [5.41, 5.74) is 0. The van der Waals surface area contributed by atoms with Crippen LogP contribution in [0, 0.1) is 5.92 Å². The van der Waals surface area contributed by atoms with Crippen molar-refractivity contribution in [3.8, 4) is 0 Å². The Balaban J connectivity index is 1.59. The monoisotopic (exact) mass is 272 g/mol. The zero-order valence-electron chi connectivity index (χ0n) is 11.0. The lowest BCUT2D eigenvalue weighted by Gasteiger charge is -2.15. The van der Waals surface area contributed by atoms with E-state index in [1.165, 1.54) is 6.42 Å². The second kappa shape index (κ2) is 6.66. The number of aliphatic hydroxyl groups is 1. The SMILES string of the molecule is CCS[C@@H]1CC[C@H](NC(=O)NC[C@@H](O)C2CC2)C1. The van der Waals surface area contributed by atoms with E-state index < -0.39 is 0 Å². The standard InChI is InChI=1S/C13H24N2O2S/c1-2-18-11-6-5-10(7-11)15-13(17)14-8-12(16)9-3-4-9/h9-12,16H,2-8H2,1H3,(H2,14,15,17)/t10-,11+,12+/m0/s1. The van der Waals surface area contributed by atoms with Crippen LogP contribution in [0.3, 0.4) is 0 Å². The van der Waals surface area contributed by atoms with Crippen LogP contribution in [-0.4, -0.2) is 40.8 Å². The third-order valence-electron chi connectivity index (χ3n) is 3.76. The zero-order chi connectivity index (χ0) is 13.0. The molecule has 0 spiro atoms. The Labute approximate surface area is 113 Å². The van der Waals surface area contributed by atoms with Crippen molar-refractivity contribution >= 4 is 17.8 Å². The smallest absolute Gasteiger partial charge is 0.315 e. The van der Waals surface area contributed by atoms with Crippen LogP contribution in [0.2, 0.25) is 0 Å². The lowest BCUT2D eigenvalue weighted by Crippen LogP contribution is -2.44. The van der Waals surface area contributed by atoms with Crippen LogP contribution < -0.4 is 10.6 Å². The predicted octanol–water partition coefficient (Wildman–Crippen LogP) is 1.73. The van der Waals surface area contributed by atoms with E-state index in [-0.39, 0.29) is 12.1 Å². The third kappa shape index (κ3) is 4.35. The lowest BCUT2D eigenvalue weighted by molar-refractivity contribution is 0.149. The van der Waals surface area contributed by atoms with Crippen molar-refractivity contribution in [2.45, 2.75) is 56.4 Å². The van der Waals surface area contributed by atoms with Crippen molar-refractivity contribution in [3.05, 3.63) is 0 Å². The first-order valence-corrected chi connectivity index (χ1v) is 8.08. The highest BCUT2D eigenvalue weighted by molar-refractivity contribution is 7.99. The topological polar surface area (TPSA) is 61.4 Å². The molecule has 5 heteroatoms. The summed E-state index contributed by atoms with van der Waals surface area (Å²) in [6.45, 7) is 2.56. The van der Waals surface area contributed by atoms with E-state index in [1.807, 2.05) is 11.8 Å². The third-order valence-corrected chi connectivity index (χ3v) is 4.99. The van der Waals surface area contributed by atoms with Crippen LogP contribution in [0.4, 0.5) is 4.79 Å². The fraction of sp³-hybridized carbons (Fsp3) is 0.923. The molecule has 4 nitrogen and oxygen atoms in total. The Hall–Kier alpha value is -0.420. The van der Waals surface area contributed by atoms with Gasteiger partial charge >= 0.3 is 6.03 Å². The maximum absolute atomic E-state index is 11.7. The fourth-order valence-electron chi connectivity index (χ4n) is 2.54. The summed E-state index contributed by atoms with van der Waals surface area (Å²) in [4.78, 5) is 11.7. The Morgan fingerprint density at radius 1 is 1.39 bits per heavy atom. The summed E-state index contributed by atoms with van der Waals surface area (Å²) in [5.74, 6) is 1.57. The minimum atomic E-state index is -0.359. The molecule has 0 bridgehead atoms. The Morgan fingerprint density at radius 2 is 2.17 bits per heavy atom. The van der Waals surface area contributed by atoms with Gasteiger partial charge in [0.15, 0.2) is 0 Å². The van der Waals surface area contributed by atoms with Gasteiger partial charge < -0.3 is 15.7 Å². The van der Waals surface area contributed by atoms with Crippen molar-refractivity contribution in [1.29, 1.82) is 0 Å². The molecule has 0 radical (unpaired) electrons. The van der Waals surface area contributed by atoms with E-state index in [0.29, 0.717) is 23.8 Å². The van der Waals surface area contributed by atoms with Gasteiger partial charge in [-0.25, -0.2) is 4.79 Å². The van der Waals surface area contributed by atoms with Gasteiger partial charge in [0.2, 0.25) is 0 Å². The Bertz CT molecular complexity index is 284. The lowest BCUT2D eigenvalue weighted by atomic mass is 10.2. The highest BCUT2D eigenvalue weighted by Crippen LogP contribution is 2.32. The quantitative estimate of drug-likeness (QED) is 0.690. The number of carbonyl (C=O) groups is 1. The summed E-state index contributed by atoms with van der Waals surface area (Å²) >= 11 is 1.99. The minimum absolute atomic E-state index is 0.123. The molecule has 3 N–H and O–H groups in total. The second-order valence-corrected chi connectivity index (χ2v) is 6.92. The van der Waals surface area contributed by atoms with E-state index in [2.05, 4.69) is 17.6 Å². The molecule has 2 saturated carbocycles. The van der Waals surface area contributed by atoms with Crippen LogP contribution >= 0.6 is 11.8 Å². The van der Waals surface area contributed by atoms with Gasteiger partial charge in [0.25, 0.3) is 0 Å². The number of urea groups is 1. The number of amides is 2. The summed E-state index contributed by atoms with van der Waals surface area (Å²) in [5, 5.41) is 16.1. The van der Waals surface area contributed by atoms with E-state index in [1.54, 1.807) is 0 Å². The van der Waals surface area contributed by atoms with E-state index >= 15 is 0 Å². The summed E-state index contributed by atoms with van der Waals surface area (Å²) in [7, 11) is 0. The van der Waals surface area contributed by atoms with Crippen molar-refractivity contribution in [2.75, 3.05) is 12.3 Å². The molecule has 2 rings (SSSR count). The molecule has 0 unspecified atom stereocenters. The van der Waals surface area contributed by atoms with E-state index in [4.69, 9.17) is 0 Å². The van der Waals surface area contributed by atoms with Gasteiger partial charge in [0.05, 0.1) is 6.10 Å². The Kier molecular flexibility index (Phi) is 5.18. The van der Waals surface area contributed by atoms with Crippen molar-refractivity contribution in [1.82, 2.24) is 10.6 Å². The molecule has 0 heterocycles. The zero-order valence-corrected chi connectivity index (χ0v) is 11.8. The number of thioether (sulfide) groups is 1. The molecule has 18 heavy (non-hydrogen) atoms.